The summed E-state index contributed by atoms with van der Waals surface area (Å²) in [5.41, 5.74) is 0.676. The summed E-state index contributed by atoms with van der Waals surface area (Å²) in [6.07, 6.45) is 6.16. The quantitative estimate of drug-likeness (QED) is 0.872. The zero-order chi connectivity index (χ0) is 13.7. The molecule has 2 rings (SSSR count). The largest absolute Gasteiger partial charge is 0.387 e. The average molecular weight is 265 g/mol. The van der Waals surface area contributed by atoms with E-state index in [1.165, 1.54) is 25.0 Å². The predicted molar refractivity (Wildman–Crippen MR) is 75.4 cm³/mol. The van der Waals surface area contributed by atoms with Crippen molar-refractivity contribution in [3.05, 3.63) is 35.6 Å². The molecular weight excluding hydrogens is 241 g/mol. The van der Waals surface area contributed by atoms with E-state index in [1.54, 1.807) is 12.1 Å². The van der Waals surface area contributed by atoms with Crippen molar-refractivity contribution in [2.24, 2.45) is 0 Å². The van der Waals surface area contributed by atoms with E-state index >= 15 is 0 Å². The molecule has 0 aromatic heterocycles. The van der Waals surface area contributed by atoms with E-state index in [-0.39, 0.29) is 11.9 Å². The van der Waals surface area contributed by atoms with Crippen LogP contribution >= 0.6 is 0 Å². The molecule has 2 nitrogen and oxygen atoms in total. The standard InChI is InChI=1S/C16H24FNO/c1-2-6-14-9-3-4-10-15(18-14)16(19)12-7-5-8-13(17)11-12/h5,7-8,11,14-16,18-19H,2-4,6,9-10H2,1H3/t14-,15+,16+/m1/s1. The van der Waals surface area contributed by atoms with Crippen molar-refractivity contribution < 1.29 is 9.50 Å². The minimum Gasteiger partial charge on any atom is -0.387 e. The van der Waals surface area contributed by atoms with Gasteiger partial charge in [0.1, 0.15) is 5.82 Å². The zero-order valence-electron chi connectivity index (χ0n) is 11.6. The number of aliphatic hydroxyl groups excluding tert-OH is 1. The SMILES string of the molecule is CCC[C@@H]1CCCC[C@@H]([C@@H](O)c2cccc(F)c2)N1. The predicted octanol–water partition coefficient (Wildman–Crippen LogP) is 3.56. The Morgan fingerprint density at radius 2 is 2.16 bits per heavy atom. The molecule has 3 heteroatoms. The molecule has 106 valence electrons. The Hall–Kier alpha value is -0.930. The first-order valence-electron chi connectivity index (χ1n) is 7.40. The first-order chi connectivity index (χ1) is 9.20. The molecule has 0 bridgehead atoms. The molecule has 1 aliphatic heterocycles. The van der Waals surface area contributed by atoms with E-state index in [1.807, 2.05) is 0 Å². The highest BCUT2D eigenvalue weighted by atomic mass is 19.1. The maximum atomic E-state index is 13.2. The van der Waals surface area contributed by atoms with Gasteiger partial charge in [0.2, 0.25) is 0 Å². The number of aliphatic hydroxyl groups is 1. The van der Waals surface area contributed by atoms with Gasteiger partial charge in [-0.2, -0.15) is 0 Å². The van der Waals surface area contributed by atoms with Gasteiger partial charge in [-0.3, -0.25) is 0 Å². The van der Waals surface area contributed by atoms with E-state index in [0.29, 0.717) is 11.6 Å². The van der Waals surface area contributed by atoms with Crippen molar-refractivity contribution >= 4 is 0 Å². The second kappa shape index (κ2) is 7.01. The third-order valence-electron chi connectivity index (χ3n) is 3.98. The van der Waals surface area contributed by atoms with Crippen molar-refractivity contribution in [3.63, 3.8) is 0 Å². The molecule has 0 unspecified atom stereocenters. The van der Waals surface area contributed by atoms with Gasteiger partial charge in [0.25, 0.3) is 0 Å². The fourth-order valence-electron chi connectivity index (χ4n) is 2.97. The van der Waals surface area contributed by atoms with Crippen LogP contribution in [0.4, 0.5) is 4.39 Å². The van der Waals surface area contributed by atoms with Crippen LogP contribution < -0.4 is 5.32 Å². The van der Waals surface area contributed by atoms with Crippen LogP contribution in [0.2, 0.25) is 0 Å². The Kier molecular flexibility index (Phi) is 5.34. The minimum atomic E-state index is -0.617. The van der Waals surface area contributed by atoms with Crippen LogP contribution in [-0.2, 0) is 0 Å². The number of rotatable bonds is 4. The minimum absolute atomic E-state index is 0.0425. The topological polar surface area (TPSA) is 32.3 Å². The Balaban J connectivity index is 2.06. The lowest BCUT2D eigenvalue weighted by Crippen LogP contribution is -2.40. The molecule has 19 heavy (non-hydrogen) atoms. The van der Waals surface area contributed by atoms with E-state index in [9.17, 15) is 9.50 Å². The van der Waals surface area contributed by atoms with Crippen LogP contribution in [-0.4, -0.2) is 17.2 Å². The number of nitrogens with one attached hydrogen (secondary N) is 1. The lowest BCUT2D eigenvalue weighted by molar-refractivity contribution is 0.119. The summed E-state index contributed by atoms with van der Waals surface area (Å²) in [6, 6.07) is 6.84. The van der Waals surface area contributed by atoms with Crippen molar-refractivity contribution in [2.75, 3.05) is 0 Å². The molecule has 0 aliphatic carbocycles. The third-order valence-corrected chi connectivity index (χ3v) is 3.98. The van der Waals surface area contributed by atoms with Crippen LogP contribution in [0.3, 0.4) is 0 Å². The maximum Gasteiger partial charge on any atom is 0.123 e. The Labute approximate surface area is 115 Å². The van der Waals surface area contributed by atoms with Crippen molar-refractivity contribution in [2.45, 2.75) is 63.6 Å². The molecular formula is C16H24FNO. The molecule has 0 radical (unpaired) electrons. The molecule has 1 heterocycles. The van der Waals surface area contributed by atoms with Gasteiger partial charge in [-0.1, -0.05) is 38.3 Å². The number of halogens is 1. The van der Waals surface area contributed by atoms with Crippen molar-refractivity contribution in [1.29, 1.82) is 0 Å². The fraction of sp³-hybridized carbons (Fsp3) is 0.625. The highest BCUT2D eigenvalue weighted by molar-refractivity contribution is 5.20. The van der Waals surface area contributed by atoms with E-state index in [2.05, 4.69) is 12.2 Å². The highest BCUT2D eigenvalue weighted by Gasteiger charge is 2.25. The van der Waals surface area contributed by atoms with Gasteiger partial charge in [-0.05, 0) is 37.0 Å². The summed E-state index contributed by atoms with van der Waals surface area (Å²) in [7, 11) is 0. The van der Waals surface area contributed by atoms with Crippen LogP contribution in [0, 0.1) is 5.82 Å². The molecule has 2 N–H and O–H groups in total. The van der Waals surface area contributed by atoms with Gasteiger partial charge in [0.05, 0.1) is 6.10 Å². The first kappa shape index (κ1) is 14.5. The maximum absolute atomic E-state index is 13.2. The summed E-state index contributed by atoms with van der Waals surface area (Å²) in [6.45, 7) is 2.19. The number of hydrogen-bond acceptors (Lipinski definition) is 2. The van der Waals surface area contributed by atoms with Crippen LogP contribution in [0.5, 0.6) is 0 Å². The summed E-state index contributed by atoms with van der Waals surface area (Å²) in [5.74, 6) is -0.282. The molecule has 1 aromatic carbocycles. The lowest BCUT2D eigenvalue weighted by Gasteiger charge is -2.27. The van der Waals surface area contributed by atoms with Crippen LogP contribution in [0.15, 0.2) is 24.3 Å². The van der Waals surface area contributed by atoms with Crippen molar-refractivity contribution in [1.82, 2.24) is 5.32 Å². The fourth-order valence-corrected chi connectivity index (χ4v) is 2.97. The van der Waals surface area contributed by atoms with E-state index in [4.69, 9.17) is 0 Å². The number of hydrogen-bond donors (Lipinski definition) is 2. The summed E-state index contributed by atoms with van der Waals surface area (Å²) >= 11 is 0. The third kappa shape index (κ3) is 4.02. The van der Waals surface area contributed by atoms with Gasteiger partial charge < -0.3 is 10.4 Å². The first-order valence-corrected chi connectivity index (χ1v) is 7.40. The summed E-state index contributed by atoms with van der Waals surface area (Å²) in [5, 5.41) is 14.0. The van der Waals surface area contributed by atoms with Gasteiger partial charge in [-0.15, -0.1) is 0 Å². The smallest absolute Gasteiger partial charge is 0.123 e. The Bertz CT molecular complexity index is 396. The number of benzene rings is 1. The molecule has 3 atom stereocenters. The second-order valence-corrected chi connectivity index (χ2v) is 5.54. The van der Waals surface area contributed by atoms with Gasteiger partial charge in [-0.25, -0.2) is 4.39 Å². The average Bonchev–Trinajstić information content (AvgIpc) is 2.64. The molecule has 1 saturated heterocycles. The Morgan fingerprint density at radius 1 is 1.37 bits per heavy atom. The molecule has 0 spiro atoms. The van der Waals surface area contributed by atoms with Gasteiger partial charge in [0, 0.05) is 12.1 Å². The summed E-state index contributed by atoms with van der Waals surface area (Å²) in [4.78, 5) is 0. The molecule has 1 aromatic rings. The lowest BCUT2D eigenvalue weighted by atomic mass is 9.98. The molecule has 1 aliphatic rings. The van der Waals surface area contributed by atoms with Crippen LogP contribution in [0.1, 0.15) is 57.1 Å². The molecule has 0 saturated carbocycles. The van der Waals surface area contributed by atoms with Crippen molar-refractivity contribution in [3.8, 4) is 0 Å². The van der Waals surface area contributed by atoms with E-state index in [0.717, 1.165) is 25.7 Å². The normalized spacial score (nSPS) is 25.8. The monoisotopic (exact) mass is 265 g/mol. The highest BCUT2D eigenvalue weighted by Crippen LogP contribution is 2.25. The molecule has 1 fully saturated rings. The van der Waals surface area contributed by atoms with Gasteiger partial charge >= 0.3 is 0 Å². The second-order valence-electron chi connectivity index (χ2n) is 5.54. The summed E-state index contributed by atoms with van der Waals surface area (Å²) < 4.78 is 13.2. The molecule has 0 amide bonds. The van der Waals surface area contributed by atoms with Gasteiger partial charge in [0.15, 0.2) is 0 Å². The van der Waals surface area contributed by atoms with Crippen LogP contribution in [0.25, 0.3) is 0 Å². The zero-order valence-corrected chi connectivity index (χ0v) is 11.6. The van der Waals surface area contributed by atoms with E-state index < -0.39 is 6.10 Å². The Morgan fingerprint density at radius 3 is 2.89 bits per heavy atom.